The lowest BCUT2D eigenvalue weighted by atomic mass is 10.1. The third-order valence-corrected chi connectivity index (χ3v) is 3.48. The Bertz CT molecular complexity index is 980. The highest BCUT2D eigenvalue weighted by Gasteiger charge is 2.13. The summed E-state index contributed by atoms with van der Waals surface area (Å²) >= 11 is 0. The number of ether oxygens (including phenoxy) is 1. The Kier molecular flexibility index (Phi) is 4.08. The first-order valence-corrected chi connectivity index (χ1v) is 7.07. The molecule has 1 heterocycles. The molecule has 0 aliphatic carbocycles. The first-order valence-electron chi connectivity index (χ1n) is 7.07. The number of anilines is 1. The SMILES string of the molecule is COc1nc(C(=O)Nc2ccc(F)c(C#N)c2)cc2ccccc12. The molecule has 2 aromatic carbocycles. The predicted octanol–water partition coefficient (Wildman–Crippen LogP) is 3.51. The highest BCUT2D eigenvalue weighted by Crippen LogP contribution is 2.24. The second-order valence-electron chi connectivity index (χ2n) is 5.00. The number of hydrogen-bond acceptors (Lipinski definition) is 4. The molecule has 6 heteroatoms. The van der Waals surface area contributed by atoms with Gasteiger partial charge in [0.15, 0.2) is 0 Å². The second kappa shape index (κ2) is 6.34. The van der Waals surface area contributed by atoms with E-state index < -0.39 is 11.7 Å². The number of amides is 1. The van der Waals surface area contributed by atoms with Gasteiger partial charge in [0, 0.05) is 11.1 Å². The molecule has 1 amide bonds. The molecule has 1 aromatic heterocycles. The van der Waals surface area contributed by atoms with Gasteiger partial charge < -0.3 is 10.1 Å². The van der Waals surface area contributed by atoms with Gasteiger partial charge in [-0.2, -0.15) is 5.26 Å². The number of carbonyl (C=O) groups excluding carboxylic acids is 1. The van der Waals surface area contributed by atoms with Crippen LogP contribution >= 0.6 is 0 Å². The van der Waals surface area contributed by atoms with Crippen molar-refractivity contribution in [3.63, 3.8) is 0 Å². The number of methoxy groups -OCH3 is 1. The molecular formula is C18H12FN3O2. The van der Waals surface area contributed by atoms with E-state index in [0.717, 1.165) is 16.8 Å². The summed E-state index contributed by atoms with van der Waals surface area (Å²) in [5.41, 5.74) is 0.331. The number of pyridine rings is 1. The summed E-state index contributed by atoms with van der Waals surface area (Å²) in [6, 6.07) is 14.6. The molecule has 0 fully saturated rings. The lowest BCUT2D eigenvalue weighted by molar-refractivity contribution is 0.102. The van der Waals surface area contributed by atoms with E-state index in [9.17, 15) is 9.18 Å². The zero-order valence-electron chi connectivity index (χ0n) is 12.7. The van der Waals surface area contributed by atoms with Crippen molar-refractivity contribution in [1.82, 2.24) is 4.98 Å². The van der Waals surface area contributed by atoms with Gasteiger partial charge in [-0.3, -0.25) is 4.79 Å². The number of nitriles is 1. The Labute approximate surface area is 137 Å². The number of halogens is 1. The minimum absolute atomic E-state index is 0.142. The standard InChI is InChI=1S/C18H12FN3O2/c1-24-18-14-5-3-2-4-11(14)9-16(22-18)17(23)21-13-6-7-15(19)12(8-13)10-20/h2-9H,1H3,(H,21,23). The Morgan fingerprint density at radius 2 is 2.04 bits per heavy atom. The predicted molar refractivity (Wildman–Crippen MR) is 87.4 cm³/mol. The summed E-state index contributed by atoms with van der Waals surface area (Å²) < 4.78 is 18.6. The number of nitrogens with one attached hydrogen (secondary N) is 1. The fourth-order valence-electron chi connectivity index (χ4n) is 2.32. The highest BCUT2D eigenvalue weighted by atomic mass is 19.1. The lowest BCUT2D eigenvalue weighted by Crippen LogP contribution is -2.14. The summed E-state index contributed by atoms with van der Waals surface area (Å²) in [5.74, 6) is -0.773. The minimum Gasteiger partial charge on any atom is -0.481 e. The molecule has 0 bridgehead atoms. The van der Waals surface area contributed by atoms with Crippen LogP contribution in [0.25, 0.3) is 10.8 Å². The normalized spacial score (nSPS) is 10.2. The zero-order valence-corrected chi connectivity index (χ0v) is 12.7. The maximum absolute atomic E-state index is 13.3. The van der Waals surface area contributed by atoms with Gasteiger partial charge in [-0.05, 0) is 35.7 Å². The number of benzene rings is 2. The fraction of sp³-hybridized carbons (Fsp3) is 0.0556. The largest absolute Gasteiger partial charge is 0.481 e. The van der Waals surface area contributed by atoms with Gasteiger partial charge in [-0.25, -0.2) is 9.37 Å². The van der Waals surface area contributed by atoms with E-state index in [1.54, 1.807) is 12.1 Å². The lowest BCUT2D eigenvalue weighted by Gasteiger charge is -2.09. The molecule has 3 aromatic rings. The zero-order chi connectivity index (χ0) is 17.1. The number of fused-ring (bicyclic) bond motifs is 1. The third-order valence-electron chi connectivity index (χ3n) is 3.48. The molecule has 0 unspecified atom stereocenters. The van der Waals surface area contributed by atoms with Crippen LogP contribution in [0.5, 0.6) is 5.88 Å². The van der Waals surface area contributed by atoms with Gasteiger partial charge in [-0.15, -0.1) is 0 Å². The van der Waals surface area contributed by atoms with Crippen LogP contribution in [0.1, 0.15) is 16.1 Å². The van der Waals surface area contributed by atoms with Gasteiger partial charge in [0.05, 0.1) is 12.7 Å². The number of nitrogens with zero attached hydrogens (tertiary/aromatic N) is 2. The third kappa shape index (κ3) is 2.88. The van der Waals surface area contributed by atoms with Crippen LogP contribution in [-0.4, -0.2) is 18.0 Å². The molecule has 0 spiro atoms. The van der Waals surface area contributed by atoms with Crippen LogP contribution in [0.3, 0.4) is 0 Å². The Hall–Kier alpha value is -3.46. The van der Waals surface area contributed by atoms with Crippen molar-refractivity contribution < 1.29 is 13.9 Å². The highest BCUT2D eigenvalue weighted by molar-refractivity contribution is 6.05. The molecule has 0 aliphatic rings. The van der Waals surface area contributed by atoms with Gasteiger partial charge in [0.25, 0.3) is 5.91 Å². The van der Waals surface area contributed by atoms with Crippen LogP contribution in [0, 0.1) is 17.1 Å². The molecule has 0 radical (unpaired) electrons. The molecule has 0 atom stereocenters. The maximum Gasteiger partial charge on any atom is 0.274 e. The minimum atomic E-state index is -0.638. The summed E-state index contributed by atoms with van der Waals surface area (Å²) in [6.07, 6.45) is 0. The number of aromatic nitrogens is 1. The van der Waals surface area contributed by atoms with Crippen LogP contribution in [-0.2, 0) is 0 Å². The van der Waals surface area contributed by atoms with Crippen molar-refractivity contribution in [2.75, 3.05) is 12.4 Å². The first-order chi connectivity index (χ1) is 11.6. The summed E-state index contributed by atoms with van der Waals surface area (Å²) in [4.78, 5) is 16.6. The van der Waals surface area contributed by atoms with Crippen molar-refractivity contribution in [3.8, 4) is 11.9 Å². The van der Waals surface area contributed by atoms with E-state index in [-0.39, 0.29) is 11.3 Å². The van der Waals surface area contributed by atoms with E-state index in [2.05, 4.69) is 10.3 Å². The number of carbonyl (C=O) groups is 1. The number of hydrogen-bond donors (Lipinski definition) is 1. The summed E-state index contributed by atoms with van der Waals surface area (Å²) in [7, 11) is 1.48. The van der Waals surface area contributed by atoms with E-state index in [1.807, 2.05) is 24.3 Å². The molecule has 24 heavy (non-hydrogen) atoms. The van der Waals surface area contributed by atoms with Gasteiger partial charge >= 0.3 is 0 Å². The van der Waals surface area contributed by atoms with Crippen LogP contribution in [0.15, 0.2) is 48.5 Å². The Morgan fingerprint density at radius 3 is 2.79 bits per heavy atom. The van der Waals surface area contributed by atoms with Gasteiger partial charge in [0.1, 0.15) is 17.6 Å². The molecule has 0 saturated heterocycles. The van der Waals surface area contributed by atoms with Crippen molar-refractivity contribution in [2.24, 2.45) is 0 Å². The van der Waals surface area contributed by atoms with E-state index in [0.29, 0.717) is 11.6 Å². The molecule has 118 valence electrons. The molecule has 3 rings (SSSR count). The summed E-state index contributed by atoms with van der Waals surface area (Å²) in [5, 5.41) is 13.1. The molecule has 1 N–H and O–H groups in total. The maximum atomic E-state index is 13.3. The van der Waals surface area contributed by atoms with Crippen LogP contribution in [0.2, 0.25) is 0 Å². The molecule has 5 nitrogen and oxygen atoms in total. The van der Waals surface area contributed by atoms with E-state index in [4.69, 9.17) is 10.00 Å². The van der Waals surface area contributed by atoms with Crippen LogP contribution in [0.4, 0.5) is 10.1 Å². The first kappa shape index (κ1) is 15.4. The van der Waals surface area contributed by atoms with E-state index >= 15 is 0 Å². The monoisotopic (exact) mass is 321 g/mol. The second-order valence-corrected chi connectivity index (χ2v) is 5.00. The van der Waals surface area contributed by atoms with Gasteiger partial charge in [0.2, 0.25) is 5.88 Å². The topological polar surface area (TPSA) is 75.0 Å². The molecular weight excluding hydrogens is 309 g/mol. The average molecular weight is 321 g/mol. The van der Waals surface area contributed by atoms with Crippen molar-refractivity contribution in [2.45, 2.75) is 0 Å². The van der Waals surface area contributed by atoms with Crippen LogP contribution < -0.4 is 10.1 Å². The van der Waals surface area contributed by atoms with Crippen molar-refractivity contribution in [3.05, 3.63) is 65.6 Å². The summed E-state index contributed by atoms with van der Waals surface area (Å²) in [6.45, 7) is 0. The molecule has 0 saturated carbocycles. The Morgan fingerprint density at radius 1 is 1.25 bits per heavy atom. The van der Waals surface area contributed by atoms with Crippen molar-refractivity contribution >= 4 is 22.4 Å². The van der Waals surface area contributed by atoms with E-state index in [1.165, 1.54) is 19.2 Å². The van der Waals surface area contributed by atoms with Gasteiger partial charge in [-0.1, -0.05) is 18.2 Å². The molecule has 0 aliphatic heterocycles. The average Bonchev–Trinajstić information content (AvgIpc) is 2.62. The van der Waals surface area contributed by atoms with Crippen molar-refractivity contribution in [1.29, 1.82) is 5.26 Å². The quantitative estimate of drug-likeness (QED) is 0.801. The number of rotatable bonds is 3. The fourth-order valence-corrected chi connectivity index (χ4v) is 2.32. The smallest absolute Gasteiger partial charge is 0.274 e. The Balaban J connectivity index is 1.96.